The Morgan fingerprint density at radius 3 is 2.22 bits per heavy atom. The highest BCUT2D eigenvalue weighted by molar-refractivity contribution is 5.95. The van der Waals surface area contributed by atoms with Crippen molar-refractivity contribution in [3.63, 3.8) is 0 Å². The number of hydrogen-bond acceptors (Lipinski definition) is 5. The molecule has 11 nitrogen and oxygen atoms in total. The largest absolute Gasteiger partial charge is 0.480 e. The molecule has 5 rings (SSSR count). The summed E-state index contributed by atoms with van der Waals surface area (Å²) in [5.41, 5.74) is 12.4. The number of hydrogen-bond donors (Lipinski definition) is 7. The maximum Gasteiger partial charge on any atom is 0.325 e. The molecule has 5 aromatic rings. The summed E-state index contributed by atoms with van der Waals surface area (Å²) in [6.45, 7) is 2.92. The molecule has 0 spiro atoms. The average Bonchev–Trinajstić information content (AvgIpc) is 3.61. The number of benzene rings is 3. The summed E-state index contributed by atoms with van der Waals surface area (Å²) in [5, 5.41) is 18.9. The number of amides is 3. The van der Waals surface area contributed by atoms with E-state index in [9.17, 15) is 24.3 Å². The van der Waals surface area contributed by atoms with Gasteiger partial charge >= 0.3 is 5.97 Å². The average molecular weight is 609 g/mol. The number of carboxylic acids is 1. The molecule has 0 aliphatic heterocycles. The molecule has 0 saturated heterocycles. The molecule has 0 fully saturated rings. The van der Waals surface area contributed by atoms with Crippen molar-refractivity contribution in [3.05, 3.63) is 95.7 Å². The number of aliphatic carboxylic acids is 1. The van der Waals surface area contributed by atoms with E-state index in [0.29, 0.717) is 0 Å². The van der Waals surface area contributed by atoms with Crippen molar-refractivity contribution in [2.75, 3.05) is 6.54 Å². The van der Waals surface area contributed by atoms with Gasteiger partial charge in [0.15, 0.2) is 0 Å². The second kappa shape index (κ2) is 13.5. The first kappa shape index (κ1) is 31.0. The van der Waals surface area contributed by atoms with Crippen LogP contribution in [0.25, 0.3) is 33.1 Å². The fourth-order valence-corrected chi connectivity index (χ4v) is 5.34. The van der Waals surface area contributed by atoms with Crippen molar-refractivity contribution in [1.29, 1.82) is 0 Å². The van der Waals surface area contributed by atoms with Crippen LogP contribution in [0.3, 0.4) is 0 Å². The summed E-state index contributed by atoms with van der Waals surface area (Å²) in [4.78, 5) is 57.4. The molecule has 0 bridgehead atoms. The number of fused-ring (bicyclic) bond motifs is 2. The third kappa shape index (κ3) is 7.22. The zero-order chi connectivity index (χ0) is 32.1. The Hall–Kier alpha value is -5.42. The molecule has 2 aromatic heterocycles. The monoisotopic (exact) mass is 608 g/mol. The number of aromatic nitrogens is 2. The first-order valence-electron chi connectivity index (χ1n) is 14.7. The van der Waals surface area contributed by atoms with Crippen molar-refractivity contribution < 1.29 is 24.3 Å². The Morgan fingerprint density at radius 1 is 0.844 bits per heavy atom. The van der Waals surface area contributed by atoms with E-state index in [0.717, 1.165) is 49.8 Å². The third-order valence-corrected chi connectivity index (χ3v) is 7.82. The van der Waals surface area contributed by atoms with Crippen LogP contribution in [0, 0.1) is 6.92 Å². The van der Waals surface area contributed by atoms with Crippen molar-refractivity contribution in [2.24, 2.45) is 5.73 Å². The molecule has 0 saturated carbocycles. The molecule has 3 amide bonds. The normalized spacial score (nSPS) is 13.2. The zero-order valence-electron chi connectivity index (χ0n) is 25.0. The number of H-pyrrole nitrogens is 2. The quantitative estimate of drug-likeness (QED) is 0.114. The molecule has 232 valence electrons. The van der Waals surface area contributed by atoms with Gasteiger partial charge in [-0.25, -0.2) is 0 Å². The van der Waals surface area contributed by atoms with Crippen LogP contribution < -0.4 is 21.7 Å². The molecular weight excluding hydrogens is 572 g/mol. The molecule has 3 atom stereocenters. The lowest BCUT2D eigenvalue weighted by molar-refractivity contribution is -0.141. The van der Waals surface area contributed by atoms with E-state index in [4.69, 9.17) is 5.73 Å². The van der Waals surface area contributed by atoms with Crippen molar-refractivity contribution in [3.8, 4) is 11.3 Å². The minimum Gasteiger partial charge on any atom is -0.480 e. The first-order chi connectivity index (χ1) is 21.6. The number of rotatable bonds is 12. The number of carbonyl (C=O) groups excluding carboxylic acids is 3. The topological polar surface area (TPSA) is 182 Å². The van der Waals surface area contributed by atoms with Crippen LogP contribution in [0.4, 0.5) is 0 Å². The molecule has 2 heterocycles. The third-order valence-electron chi connectivity index (χ3n) is 7.82. The van der Waals surface area contributed by atoms with Gasteiger partial charge in [-0.1, -0.05) is 66.2 Å². The van der Waals surface area contributed by atoms with Gasteiger partial charge in [-0.2, -0.15) is 0 Å². The van der Waals surface area contributed by atoms with Crippen molar-refractivity contribution in [1.82, 2.24) is 25.9 Å². The molecule has 0 unspecified atom stereocenters. The predicted octanol–water partition coefficient (Wildman–Crippen LogP) is 2.93. The minimum atomic E-state index is -1.21. The van der Waals surface area contributed by atoms with E-state index in [-0.39, 0.29) is 12.8 Å². The maximum absolute atomic E-state index is 13.4. The fraction of sp³-hybridized carbons (Fsp3) is 0.235. The van der Waals surface area contributed by atoms with Gasteiger partial charge in [0.2, 0.25) is 17.7 Å². The van der Waals surface area contributed by atoms with Gasteiger partial charge in [-0.3, -0.25) is 19.2 Å². The van der Waals surface area contributed by atoms with E-state index in [2.05, 4.69) is 25.9 Å². The van der Waals surface area contributed by atoms with Crippen LogP contribution in [0.1, 0.15) is 23.6 Å². The molecule has 0 radical (unpaired) electrons. The van der Waals surface area contributed by atoms with Crippen LogP contribution in [0.2, 0.25) is 0 Å². The molecular formula is C34H36N6O5. The van der Waals surface area contributed by atoms with Gasteiger partial charge in [0.05, 0.1) is 12.6 Å². The Bertz CT molecular complexity index is 1860. The van der Waals surface area contributed by atoms with E-state index < -0.39 is 48.4 Å². The van der Waals surface area contributed by atoms with Gasteiger partial charge in [-0.05, 0) is 49.1 Å². The number of carbonyl (C=O) groups is 4. The van der Waals surface area contributed by atoms with E-state index in [1.807, 2.05) is 79.7 Å². The standard InChI is InChI=1S/C34H36N6O5/c1-19-11-13-21(14-12-19)31-25(24-8-4-6-10-28(24)40-31)16-29(33(43)38-20(2)34(44)45)39-30(41)18-37-32(42)26(35)15-22-17-36-27-9-5-3-7-23(22)27/h3-14,17,20,26,29,36,40H,15-16,18,35H2,1-2H3,(H,37,42)(H,38,43)(H,39,41)(H,44,45)/t20-,26-,29-/m0/s1. The maximum atomic E-state index is 13.4. The first-order valence-corrected chi connectivity index (χ1v) is 14.7. The minimum absolute atomic E-state index is 0.0607. The van der Waals surface area contributed by atoms with Crippen molar-refractivity contribution in [2.45, 2.75) is 44.8 Å². The summed E-state index contributed by atoms with van der Waals surface area (Å²) >= 11 is 0. The smallest absolute Gasteiger partial charge is 0.325 e. The number of aromatic amines is 2. The Morgan fingerprint density at radius 2 is 1.51 bits per heavy atom. The Balaban J connectivity index is 1.32. The lowest BCUT2D eigenvalue weighted by Gasteiger charge is -2.21. The van der Waals surface area contributed by atoms with E-state index >= 15 is 0 Å². The molecule has 0 aliphatic rings. The highest BCUT2D eigenvalue weighted by Gasteiger charge is 2.28. The second-order valence-electron chi connectivity index (χ2n) is 11.2. The summed E-state index contributed by atoms with van der Waals surface area (Å²) in [6.07, 6.45) is 2.13. The summed E-state index contributed by atoms with van der Waals surface area (Å²) in [7, 11) is 0. The molecule has 45 heavy (non-hydrogen) atoms. The number of para-hydroxylation sites is 2. The number of aryl methyl sites for hydroxylation is 1. The van der Waals surface area contributed by atoms with Gasteiger partial charge in [0.1, 0.15) is 12.1 Å². The Kier molecular flexibility index (Phi) is 9.29. The van der Waals surface area contributed by atoms with Crippen LogP contribution >= 0.6 is 0 Å². The van der Waals surface area contributed by atoms with E-state index in [1.54, 1.807) is 6.20 Å². The number of carboxylic acid groups (broad SMARTS) is 1. The Labute approximate surface area is 259 Å². The van der Waals surface area contributed by atoms with E-state index in [1.165, 1.54) is 6.92 Å². The van der Waals surface area contributed by atoms with Gasteiger partial charge in [0, 0.05) is 40.1 Å². The van der Waals surface area contributed by atoms with Crippen LogP contribution in [0.5, 0.6) is 0 Å². The van der Waals surface area contributed by atoms with Crippen molar-refractivity contribution >= 4 is 45.5 Å². The molecule has 3 aromatic carbocycles. The van der Waals surface area contributed by atoms with Crippen LogP contribution in [-0.4, -0.2) is 63.4 Å². The van der Waals surface area contributed by atoms with Gasteiger partial charge in [0.25, 0.3) is 0 Å². The lowest BCUT2D eigenvalue weighted by Crippen LogP contribution is -2.54. The molecule has 11 heteroatoms. The molecule has 8 N–H and O–H groups in total. The summed E-state index contributed by atoms with van der Waals surface area (Å²) in [6, 6.07) is 20.0. The predicted molar refractivity (Wildman–Crippen MR) is 172 cm³/mol. The number of nitrogens with two attached hydrogens (primary N) is 1. The lowest BCUT2D eigenvalue weighted by atomic mass is 9.97. The SMILES string of the molecule is Cc1ccc(-c2[nH]c3ccccc3c2C[C@H](NC(=O)CNC(=O)[C@@H](N)Cc2c[nH]c3ccccc23)C(=O)N[C@@H](C)C(=O)O)cc1. The highest BCUT2D eigenvalue weighted by atomic mass is 16.4. The summed E-state index contributed by atoms with van der Waals surface area (Å²) < 4.78 is 0. The summed E-state index contributed by atoms with van der Waals surface area (Å²) in [5.74, 6) is -3.02. The van der Waals surface area contributed by atoms with Gasteiger partial charge < -0.3 is 36.8 Å². The fourth-order valence-electron chi connectivity index (χ4n) is 5.34. The second-order valence-corrected chi connectivity index (χ2v) is 11.2. The van der Waals surface area contributed by atoms with Crippen LogP contribution in [-0.2, 0) is 32.0 Å². The van der Waals surface area contributed by atoms with Gasteiger partial charge in [-0.15, -0.1) is 0 Å². The molecule has 0 aliphatic carbocycles. The van der Waals surface area contributed by atoms with Crippen LogP contribution in [0.15, 0.2) is 79.0 Å². The number of nitrogens with one attached hydrogen (secondary N) is 5. The highest BCUT2D eigenvalue weighted by Crippen LogP contribution is 2.31. The zero-order valence-corrected chi connectivity index (χ0v) is 25.0.